The molecular formula is H7NO12P4. The van der Waals surface area contributed by atoms with E-state index in [1.54, 1.807) is 0 Å². The van der Waals surface area contributed by atoms with Gasteiger partial charge in [0.15, 0.2) is 0 Å². The minimum atomic E-state index is -5.64. The molecule has 0 saturated heterocycles. The van der Waals surface area contributed by atoms with E-state index in [1.165, 1.54) is 0 Å². The van der Waals surface area contributed by atoms with Gasteiger partial charge in [-0.3, -0.25) is 0 Å². The van der Waals surface area contributed by atoms with Gasteiger partial charge in [-0.15, -0.1) is 0 Å². The summed E-state index contributed by atoms with van der Waals surface area (Å²) in [5.41, 5.74) is 0. The molecule has 0 aliphatic carbocycles. The molecule has 104 valence electrons. The summed E-state index contributed by atoms with van der Waals surface area (Å²) in [5, 5.41) is 6.61. The van der Waals surface area contributed by atoms with Crippen LogP contribution in [0.1, 0.15) is 0 Å². The fourth-order valence-electron chi connectivity index (χ4n) is 0.448. The van der Waals surface area contributed by atoms with E-state index in [0.29, 0.717) is 0 Å². The van der Waals surface area contributed by atoms with Crippen molar-refractivity contribution in [2.24, 2.45) is 0 Å². The van der Waals surface area contributed by atoms with Gasteiger partial charge in [0.05, 0.1) is 0 Å². The van der Waals surface area contributed by atoms with Crippen LogP contribution in [0.5, 0.6) is 0 Å². The summed E-state index contributed by atoms with van der Waals surface area (Å²) < 4.78 is 40.9. The largest absolute Gasteiger partial charge is 0.488 e. The predicted molar refractivity (Wildman–Crippen MR) is 49.0 cm³/mol. The molecule has 17 heavy (non-hydrogen) atoms. The van der Waals surface area contributed by atoms with Crippen molar-refractivity contribution >= 4 is 31.2 Å². The van der Waals surface area contributed by atoms with Crippen LogP contribution in [-0.4, -0.2) is 29.4 Å². The summed E-state index contributed by atoms with van der Waals surface area (Å²) in [7, 11) is -21.8. The molecule has 0 aliphatic heterocycles. The Balaban J connectivity index is 4.84. The molecule has 0 aromatic heterocycles. The molecule has 0 aromatic carbocycles. The monoisotopic (exact) mass is 337 g/mol. The zero-order valence-electron chi connectivity index (χ0n) is 7.42. The van der Waals surface area contributed by atoms with E-state index < -0.39 is 31.2 Å². The second-order valence-corrected chi connectivity index (χ2v) is 8.11. The van der Waals surface area contributed by atoms with E-state index in [0.717, 1.165) is 0 Å². The van der Waals surface area contributed by atoms with Crippen LogP contribution in [0.3, 0.4) is 0 Å². The molecule has 0 heterocycles. The van der Waals surface area contributed by atoms with Crippen LogP contribution in [0.2, 0.25) is 0 Å². The highest BCUT2D eigenvalue weighted by Crippen LogP contribution is 2.70. The van der Waals surface area contributed by atoms with Crippen molar-refractivity contribution in [3.05, 3.63) is 0 Å². The van der Waals surface area contributed by atoms with Crippen LogP contribution < -0.4 is 0 Å². The Morgan fingerprint density at radius 3 is 1.35 bits per heavy atom. The second-order valence-electron chi connectivity index (χ2n) is 2.22. The molecular weight excluding hydrogens is 330 g/mol. The van der Waals surface area contributed by atoms with Gasteiger partial charge in [0, 0.05) is 0 Å². The fourth-order valence-corrected chi connectivity index (χ4v) is 4.57. The van der Waals surface area contributed by atoms with Crippen LogP contribution in [0.4, 0.5) is 0 Å². The number of hydrogen-bond acceptors (Lipinski definition) is 7. The normalized spacial score (nSPS) is 20.6. The molecule has 0 bridgehead atoms. The Morgan fingerprint density at radius 1 is 0.706 bits per heavy atom. The average Bonchev–Trinajstić information content (AvgIpc) is 1.65. The van der Waals surface area contributed by atoms with Gasteiger partial charge in [-0.25, -0.2) is 27.5 Å². The topological polar surface area (TPSA) is 224 Å². The highest BCUT2D eigenvalue weighted by atomic mass is 31.3. The first-order chi connectivity index (χ1) is 7.12. The molecule has 13 nitrogen and oxygen atoms in total. The molecule has 0 spiro atoms. The highest BCUT2D eigenvalue weighted by molar-refractivity contribution is 7.69. The standard InChI is InChI=1S/H7NO12P4/c1-14(2,11-15(3,4)5)12-17(9,10)13-16(6,7)8/h(H2,1,2)(H,9,10)(H2,3,4,5)(H2,6,7,8). The summed E-state index contributed by atoms with van der Waals surface area (Å²) in [4.78, 5) is 50.0. The van der Waals surface area contributed by atoms with Crippen LogP contribution >= 0.6 is 31.2 Å². The number of rotatable bonds is 6. The van der Waals surface area contributed by atoms with E-state index >= 15 is 0 Å². The van der Waals surface area contributed by atoms with E-state index in [-0.39, 0.29) is 0 Å². The van der Waals surface area contributed by atoms with Crippen LogP contribution in [0.15, 0.2) is 0 Å². The second kappa shape index (κ2) is 5.28. The van der Waals surface area contributed by atoms with Crippen LogP contribution in [0.25, 0.3) is 0 Å². The van der Waals surface area contributed by atoms with Gasteiger partial charge in [-0.05, 0) is 0 Å². The molecule has 0 aromatic rings. The van der Waals surface area contributed by atoms with Crippen molar-refractivity contribution in [1.82, 2.24) is 0 Å². The van der Waals surface area contributed by atoms with Gasteiger partial charge >= 0.3 is 31.2 Å². The minimum absolute atomic E-state index is 3.15. The summed E-state index contributed by atoms with van der Waals surface area (Å²) in [6.45, 7) is 0. The molecule has 0 amide bonds. The molecule has 17 heteroatoms. The first-order valence-electron chi connectivity index (χ1n) is 3.07. The Bertz CT molecular complexity index is 407. The van der Waals surface area contributed by atoms with E-state index in [2.05, 4.69) is 12.9 Å². The Morgan fingerprint density at radius 2 is 1.06 bits per heavy atom. The number of hydrogen-bond donors (Lipinski definition) is 7. The maximum Gasteiger partial charge on any atom is 0.488 e. The third kappa shape index (κ3) is 10.2. The smallest absolute Gasteiger partial charge is 0.318 e. The summed E-state index contributed by atoms with van der Waals surface area (Å²) in [5.74, 6) is 0. The van der Waals surface area contributed by atoms with E-state index in [9.17, 15) is 13.7 Å². The molecule has 0 radical (unpaired) electrons. The predicted octanol–water partition coefficient (Wildman–Crippen LogP) is -0.161. The van der Waals surface area contributed by atoms with Gasteiger partial charge < -0.3 is 29.4 Å². The molecule has 0 rings (SSSR count). The lowest BCUT2D eigenvalue weighted by atomic mass is 14.0. The summed E-state index contributed by atoms with van der Waals surface area (Å²) >= 11 is 0. The van der Waals surface area contributed by atoms with Crippen molar-refractivity contribution in [3.8, 4) is 0 Å². The van der Waals surface area contributed by atoms with Crippen molar-refractivity contribution in [1.29, 1.82) is 5.16 Å². The molecule has 0 saturated carbocycles. The van der Waals surface area contributed by atoms with Gasteiger partial charge in [-0.1, -0.05) is 0 Å². The van der Waals surface area contributed by atoms with Crippen molar-refractivity contribution in [2.45, 2.75) is 0 Å². The summed E-state index contributed by atoms with van der Waals surface area (Å²) in [6.07, 6.45) is 0. The molecule has 0 fully saturated rings. The van der Waals surface area contributed by atoms with Crippen LogP contribution in [0, 0.1) is 5.16 Å². The molecule has 7 N–H and O–H groups in total. The highest BCUT2D eigenvalue weighted by Gasteiger charge is 2.41. The maximum atomic E-state index is 10.8. The Kier molecular flexibility index (Phi) is 5.45. The van der Waals surface area contributed by atoms with Crippen molar-refractivity contribution in [2.75, 3.05) is 0 Å². The first-order valence-corrected chi connectivity index (χ1v) is 9.20. The van der Waals surface area contributed by atoms with Crippen LogP contribution in [-0.2, 0) is 26.6 Å². The van der Waals surface area contributed by atoms with Gasteiger partial charge in [-0.2, -0.15) is 4.31 Å². The molecule has 2 unspecified atom stereocenters. The minimum Gasteiger partial charge on any atom is -0.318 e. The Labute approximate surface area is 93.2 Å². The van der Waals surface area contributed by atoms with E-state index in [4.69, 9.17) is 34.5 Å². The van der Waals surface area contributed by atoms with Gasteiger partial charge in [0.25, 0.3) is 0 Å². The van der Waals surface area contributed by atoms with Gasteiger partial charge in [0.1, 0.15) is 0 Å². The third-order valence-electron chi connectivity index (χ3n) is 0.640. The van der Waals surface area contributed by atoms with Crippen molar-refractivity contribution < 1.29 is 56.0 Å². The summed E-state index contributed by atoms with van der Waals surface area (Å²) in [6, 6.07) is 0. The molecule has 2 atom stereocenters. The quantitative estimate of drug-likeness (QED) is 0.314. The lowest BCUT2D eigenvalue weighted by molar-refractivity contribution is 0.211. The fraction of sp³-hybridized carbons (Fsp3) is 0. The third-order valence-corrected chi connectivity index (χ3v) is 5.76. The van der Waals surface area contributed by atoms with Gasteiger partial charge in [0.2, 0.25) is 0 Å². The lowest BCUT2D eigenvalue weighted by Gasteiger charge is -2.18. The number of nitrogens with one attached hydrogen (secondary N) is 1. The zero-order chi connectivity index (χ0) is 14.1. The maximum absolute atomic E-state index is 10.8. The van der Waals surface area contributed by atoms with Crippen molar-refractivity contribution in [3.63, 3.8) is 0 Å². The molecule has 0 aliphatic rings. The first kappa shape index (κ1) is 17.6. The number of phosphoric acid groups is 3. The average molecular weight is 337 g/mol. The van der Waals surface area contributed by atoms with E-state index in [1.807, 2.05) is 0 Å². The zero-order valence-corrected chi connectivity index (χ0v) is 11.0. The Hall–Kier alpha value is 0.560. The SMILES string of the molecule is N=P(O)(OP(=O)(O)O)OP(=O)(O)OP(=O)(O)O. The lowest BCUT2D eigenvalue weighted by Crippen LogP contribution is -1.95.